The summed E-state index contributed by atoms with van der Waals surface area (Å²) in [5, 5.41) is 4.11. The van der Waals surface area contributed by atoms with Crippen LogP contribution >= 0.6 is 12.2 Å². The fraction of sp³-hybridized carbons (Fsp3) is 0.261. The fourth-order valence-electron chi connectivity index (χ4n) is 3.78. The van der Waals surface area contributed by atoms with Crippen molar-refractivity contribution in [2.24, 2.45) is 0 Å². The molecule has 1 aromatic carbocycles. The molecule has 1 aliphatic heterocycles. The Labute approximate surface area is 180 Å². The van der Waals surface area contributed by atoms with Crippen LogP contribution in [0.15, 0.2) is 65.2 Å². The van der Waals surface area contributed by atoms with Gasteiger partial charge < -0.3 is 19.4 Å². The molecule has 7 heteroatoms. The fourth-order valence-corrected chi connectivity index (χ4v) is 4.11. The van der Waals surface area contributed by atoms with Gasteiger partial charge in [-0.1, -0.05) is 25.1 Å². The molecule has 1 N–H and O–H groups in total. The summed E-state index contributed by atoms with van der Waals surface area (Å²) in [5.41, 5.74) is 2.21. The number of hydrogen-bond acceptors (Lipinski definition) is 5. The number of nitrogens with one attached hydrogen (secondary N) is 1. The predicted octanol–water partition coefficient (Wildman–Crippen LogP) is 4.51. The van der Waals surface area contributed by atoms with E-state index in [2.05, 4.69) is 22.1 Å². The first-order chi connectivity index (χ1) is 14.6. The lowest BCUT2D eigenvalue weighted by Crippen LogP contribution is -2.30. The molecule has 4 rings (SSSR count). The molecule has 154 valence electrons. The standard InChI is InChI=1S/C23H23N3O3S/c1-3-13-26-21(20(25-23(26)30)17-9-4-5-12-24-17)19-11-10-18(29-19)15-7-6-8-16(14-15)22(27)28-2/h4-12,14,20-21H,3,13H2,1-2H3,(H,25,30)/t20-,21+/m0/s1. The number of esters is 1. The van der Waals surface area contributed by atoms with Crippen molar-refractivity contribution in [3.05, 3.63) is 77.8 Å². The molecular weight excluding hydrogens is 398 g/mol. The average Bonchev–Trinajstić information content (AvgIpc) is 3.39. The van der Waals surface area contributed by atoms with Gasteiger partial charge >= 0.3 is 5.97 Å². The zero-order valence-corrected chi connectivity index (χ0v) is 17.7. The van der Waals surface area contributed by atoms with Crippen molar-refractivity contribution in [3.63, 3.8) is 0 Å². The average molecular weight is 422 g/mol. The van der Waals surface area contributed by atoms with Gasteiger partial charge in [-0.2, -0.15) is 0 Å². The summed E-state index contributed by atoms with van der Waals surface area (Å²) in [4.78, 5) is 18.6. The summed E-state index contributed by atoms with van der Waals surface area (Å²) < 4.78 is 11.1. The van der Waals surface area contributed by atoms with Crippen molar-refractivity contribution in [2.75, 3.05) is 13.7 Å². The second-order valence-electron chi connectivity index (χ2n) is 7.09. The molecule has 0 saturated carbocycles. The minimum atomic E-state index is -0.377. The van der Waals surface area contributed by atoms with E-state index in [0.717, 1.165) is 30.0 Å². The molecule has 1 fully saturated rings. The maximum atomic E-state index is 11.9. The van der Waals surface area contributed by atoms with Gasteiger partial charge in [0.25, 0.3) is 0 Å². The third-order valence-corrected chi connectivity index (χ3v) is 5.50. The van der Waals surface area contributed by atoms with Gasteiger partial charge in [-0.25, -0.2) is 4.79 Å². The largest absolute Gasteiger partial charge is 0.465 e. The Bertz CT molecular complexity index is 1050. The molecule has 3 heterocycles. The van der Waals surface area contributed by atoms with E-state index in [-0.39, 0.29) is 18.1 Å². The predicted molar refractivity (Wildman–Crippen MR) is 118 cm³/mol. The number of carbonyl (C=O) groups excluding carboxylic acids is 1. The van der Waals surface area contributed by atoms with Crippen LogP contribution in [-0.4, -0.2) is 34.6 Å². The van der Waals surface area contributed by atoms with Crippen LogP contribution in [0.2, 0.25) is 0 Å². The maximum absolute atomic E-state index is 11.9. The smallest absolute Gasteiger partial charge is 0.337 e. The summed E-state index contributed by atoms with van der Waals surface area (Å²) in [6, 6.07) is 16.8. The van der Waals surface area contributed by atoms with Gasteiger partial charge in [0.15, 0.2) is 5.11 Å². The van der Waals surface area contributed by atoms with Crippen LogP contribution in [0, 0.1) is 0 Å². The molecular formula is C23H23N3O3S. The van der Waals surface area contributed by atoms with E-state index in [9.17, 15) is 4.79 Å². The van der Waals surface area contributed by atoms with Crippen LogP contribution in [0.3, 0.4) is 0 Å². The Morgan fingerprint density at radius 3 is 2.83 bits per heavy atom. The summed E-state index contributed by atoms with van der Waals surface area (Å²) in [6.07, 6.45) is 2.74. The third kappa shape index (κ3) is 3.80. The normalized spacial score (nSPS) is 18.3. The molecule has 2 atom stereocenters. The zero-order valence-electron chi connectivity index (χ0n) is 16.9. The summed E-state index contributed by atoms with van der Waals surface area (Å²) in [7, 11) is 1.37. The van der Waals surface area contributed by atoms with E-state index in [4.69, 9.17) is 21.4 Å². The number of methoxy groups -OCH3 is 1. The van der Waals surface area contributed by atoms with E-state index in [1.165, 1.54) is 7.11 Å². The van der Waals surface area contributed by atoms with Crippen LogP contribution in [0.5, 0.6) is 0 Å². The number of hydrogen-bond donors (Lipinski definition) is 1. The highest BCUT2D eigenvalue weighted by molar-refractivity contribution is 7.80. The highest BCUT2D eigenvalue weighted by Crippen LogP contribution is 2.40. The molecule has 3 aromatic rings. The molecule has 6 nitrogen and oxygen atoms in total. The Balaban J connectivity index is 1.70. The van der Waals surface area contributed by atoms with E-state index in [1.54, 1.807) is 18.3 Å². The number of ether oxygens (including phenoxy) is 1. The lowest BCUT2D eigenvalue weighted by Gasteiger charge is -2.25. The van der Waals surface area contributed by atoms with E-state index < -0.39 is 0 Å². The molecule has 30 heavy (non-hydrogen) atoms. The third-order valence-electron chi connectivity index (χ3n) is 5.15. The first kappa shape index (κ1) is 20.1. The Kier molecular flexibility index (Phi) is 5.81. The molecule has 0 spiro atoms. The number of pyridine rings is 1. The maximum Gasteiger partial charge on any atom is 0.337 e. The van der Waals surface area contributed by atoms with Gasteiger partial charge in [-0.05, 0) is 55.0 Å². The van der Waals surface area contributed by atoms with Crippen molar-refractivity contribution in [2.45, 2.75) is 25.4 Å². The summed E-state index contributed by atoms with van der Waals surface area (Å²) in [5.74, 6) is 1.10. The molecule has 1 saturated heterocycles. The second kappa shape index (κ2) is 8.67. The summed E-state index contributed by atoms with van der Waals surface area (Å²) in [6.45, 7) is 2.94. The number of thiocarbonyl (C=S) groups is 1. The lowest BCUT2D eigenvalue weighted by molar-refractivity contribution is 0.0601. The lowest BCUT2D eigenvalue weighted by atomic mass is 10.0. The Morgan fingerprint density at radius 1 is 1.23 bits per heavy atom. The molecule has 1 aliphatic rings. The molecule has 0 amide bonds. The second-order valence-corrected chi connectivity index (χ2v) is 7.48. The number of carbonyl (C=O) groups is 1. The SMILES string of the molecule is CCCN1C(=S)N[C@@H](c2ccccn2)[C@H]1c1ccc(-c2cccc(C(=O)OC)c2)o1. The molecule has 0 aliphatic carbocycles. The quantitative estimate of drug-likeness (QED) is 0.464. The number of benzene rings is 1. The molecule has 0 radical (unpaired) electrons. The van der Waals surface area contributed by atoms with Crippen molar-refractivity contribution < 1.29 is 13.9 Å². The number of rotatable bonds is 6. The Morgan fingerprint density at radius 2 is 2.10 bits per heavy atom. The van der Waals surface area contributed by atoms with Crippen LogP contribution in [0.4, 0.5) is 0 Å². The summed E-state index contributed by atoms with van der Waals surface area (Å²) >= 11 is 5.61. The van der Waals surface area contributed by atoms with Gasteiger partial charge in [0.05, 0.1) is 24.4 Å². The van der Waals surface area contributed by atoms with Crippen LogP contribution < -0.4 is 5.32 Å². The van der Waals surface area contributed by atoms with Gasteiger partial charge in [-0.3, -0.25) is 4.98 Å². The number of furan rings is 1. The van der Waals surface area contributed by atoms with Gasteiger partial charge in [0, 0.05) is 18.3 Å². The van der Waals surface area contributed by atoms with Crippen molar-refractivity contribution >= 4 is 23.3 Å². The van der Waals surface area contributed by atoms with Gasteiger partial charge in [0.2, 0.25) is 0 Å². The highest BCUT2D eigenvalue weighted by atomic mass is 32.1. The van der Waals surface area contributed by atoms with Crippen molar-refractivity contribution in [1.29, 1.82) is 0 Å². The number of aromatic nitrogens is 1. The van der Waals surface area contributed by atoms with Crippen LogP contribution in [0.1, 0.15) is 47.2 Å². The molecule has 0 bridgehead atoms. The van der Waals surface area contributed by atoms with Crippen LogP contribution in [0.25, 0.3) is 11.3 Å². The first-order valence-electron chi connectivity index (χ1n) is 9.89. The zero-order chi connectivity index (χ0) is 21.1. The Hall–Kier alpha value is -3.19. The van der Waals surface area contributed by atoms with Crippen LogP contribution in [-0.2, 0) is 4.74 Å². The minimum absolute atomic E-state index is 0.106. The minimum Gasteiger partial charge on any atom is -0.465 e. The van der Waals surface area contributed by atoms with E-state index in [1.807, 2.05) is 42.5 Å². The van der Waals surface area contributed by atoms with Crippen molar-refractivity contribution in [3.8, 4) is 11.3 Å². The molecule has 2 aromatic heterocycles. The topological polar surface area (TPSA) is 67.6 Å². The monoisotopic (exact) mass is 421 g/mol. The molecule has 0 unspecified atom stereocenters. The number of nitrogens with zero attached hydrogens (tertiary/aromatic N) is 2. The van der Waals surface area contributed by atoms with Crippen molar-refractivity contribution in [1.82, 2.24) is 15.2 Å². The first-order valence-corrected chi connectivity index (χ1v) is 10.3. The highest BCUT2D eigenvalue weighted by Gasteiger charge is 2.41. The van der Waals surface area contributed by atoms with Gasteiger partial charge in [0.1, 0.15) is 17.6 Å². The van der Waals surface area contributed by atoms with E-state index in [0.29, 0.717) is 16.4 Å². The van der Waals surface area contributed by atoms with Gasteiger partial charge in [-0.15, -0.1) is 0 Å². The van der Waals surface area contributed by atoms with E-state index >= 15 is 0 Å².